The van der Waals surface area contributed by atoms with Gasteiger partial charge in [-0.3, -0.25) is 0 Å². The summed E-state index contributed by atoms with van der Waals surface area (Å²) >= 11 is 0. The van der Waals surface area contributed by atoms with E-state index in [2.05, 4.69) is 62.3 Å². The Bertz CT molecular complexity index is 451. The Morgan fingerprint density at radius 3 is 2.21 bits per heavy atom. The van der Waals surface area contributed by atoms with E-state index < -0.39 is 0 Å². The van der Waals surface area contributed by atoms with Gasteiger partial charge in [-0.1, -0.05) is 17.7 Å². The van der Waals surface area contributed by atoms with Gasteiger partial charge in [-0.15, -0.1) is 0 Å². The lowest BCUT2D eigenvalue weighted by molar-refractivity contribution is 0.0230. The molecule has 0 fully saturated rings. The number of hydrazine groups is 1. The third kappa shape index (κ3) is 7.75. The summed E-state index contributed by atoms with van der Waals surface area (Å²) in [4.78, 5) is 0. The van der Waals surface area contributed by atoms with Crippen molar-refractivity contribution in [2.24, 2.45) is 0 Å². The van der Waals surface area contributed by atoms with E-state index in [4.69, 9.17) is 4.74 Å². The third-order valence-corrected chi connectivity index (χ3v) is 4.52. The average Bonchev–Trinajstić information content (AvgIpc) is 2.50. The van der Waals surface area contributed by atoms with Gasteiger partial charge >= 0.3 is 0 Å². The molecule has 138 valence electrons. The van der Waals surface area contributed by atoms with Crippen LogP contribution in [0.1, 0.15) is 35.1 Å². The first kappa shape index (κ1) is 21.1. The molecular weight excluding hydrogens is 298 g/mol. The van der Waals surface area contributed by atoms with E-state index in [9.17, 15) is 0 Å². The van der Waals surface area contributed by atoms with Crippen LogP contribution in [0, 0.1) is 20.8 Å². The fourth-order valence-electron chi connectivity index (χ4n) is 3.20. The van der Waals surface area contributed by atoms with E-state index in [1.807, 2.05) is 0 Å². The van der Waals surface area contributed by atoms with Gasteiger partial charge in [0.15, 0.2) is 0 Å². The maximum absolute atomic E-state index is 5.12. The van der Waals surface area contributed by atoms with Crippen molar-refractivity contribution < 1.29 is 4.74 Å². The average molecular weight is 336 g/mol. The van der Waals surface area contributed by atoms with Crippen molar-refractivity contribution in [1.29, 1.82) is 0 Å². The molecule has 0 unspecified atom stereocenters. The number of methoxy groups -OCH3 is 1. The van der Waals surface area contributed by atoms with Crippen LogP contribution in [-0.4, -0.2) is 64.0 Å². The van der Waals surface area contributed by atoms with E-state index in [0.29, 0.717) is 0 Å². The van der Waals surface area contributed by atoms with Gasteiger partial charge in [0.1, 0.15) is 0 Å². The number of hydrogen-bond acceptors (Lipinski definition) is 4. The van der Waals surface area contributed by atoms with Crippen LogP contribution >= 0.6 is 0 Å². The summed E-state index contributed by atoms with van der Waals surface area (Å²) in [5.41, 5.74) is 5.69. The Kier molecular flexibility index (Phi) is 10.2. The zero-order chi connectivity index (χ0) is 17.9. The predicted molar refractivity (Wildman–Crippen MR) is 104 cm³/mol. The number of nitrogens with zero attached hydrogens (tertiary/aromatic N) is 2. The Balaban J connectivity index is 2.28. The normalized spacial score (nSPS) is 11.7. The molecule has 0 aliphatic rings. The Morgan fingerprint density at radius 2 is 1.62 bits per heavy atom. The van der Waals surface area contributed by atoms with Crippen molar-refractivity contribution in [3.05, 3.63) is 34.4 Å². The number of hydrogen-bond donors (Lipinski definition) is 1. The topological polar surface area (TPSA) is 27.7 Å². The molecule has 0 radical (unpaired) electrons. The number of rotatable bonds is 12. The van der Waals surface area contributed by atoms with Crippen LogP contribution in [0.5, 0.6) is 0 Å². The van der Waals surface area contributed by atoms with Gasteiger partial charge in [0.25, 0.3) is 0 Å². The lowest BCUT2D eigenvalue weighted by Gasteiger charge is -2.29. The van der Waals surface area contributed by atoms with Crippen LogP contribution in [0.15, 0.2) is 12.1 Å². The summed E-state index contributed by atoms with van der Waals surface area (Å²) in [6.45, 7) is 11.7. The molecule has 0 bridgehead atoms. The van der Waals surface area contributed by atoms with E-state index >= 15 is 0 Å². The van der Waals surface area contributed by atoms with Crippen molar-refractivity contribution in [2.75, 3.05) is 54.0 Å². The molecule has 0 aliphatic heterocycles. The van der Waals surface area contributed by atoms with Gasteiger partial charge in [-0.25, -0.2) is 10.0 Å². The van der Waals surface area contributed by atoms with Gasteiger partial charge in [-0.2, -0.15) is 0 Å². The minimum atomic E-state index is 0.856. The highest BCUT2D eigenvalue weighted by Gasteiger charge is 2.07. The predicted octanol–water partition coefficient (Wildman–Crippen LogP) is 2.95. The van der Waals surface area contributed by atoms with E-state index in [0.717, 1.165) is 45.6 Å². The largest absolute Gasteiger partial charge is 0.385 e. The number of benzene rings is 1. The van der Waals surface area contributed by atoms with Crippen molar-refractivity contribution in [3.8, 4) is 0 Å². The molecule has 0 aromatic heterocycles. The Morgan fingerprint density at radius 1 is 0.958 bits per heavy atom. The number of nitrogens with one attached hydrogen (secondary N) is 1. The molecule has 0 saturated carbocycles. The first-order valence-corrected chi connectivity index (χ1v) is 9.14. The molecule has 1 aromatic rings. The molecule has 1 aromatic carbocycles. The van der Waals surface area contributed by atoms with Gasteiger partial charge in [-0.05, 0) is 63.3 Å². The molecule has 4 nitrogen and oxygen atoms in total. The number of ether oxygens (including phenoxy) is 1. The molecule has 24 heavy (non-hydrogen) atoms. The molecule has 0 amide bonds. The summed E-state index contributed by atoms with van der Waals surface area (Å²) in [5.74, 6) is 0. The molecule has 4 heteroatoms. The highest BCUT2D eigenvalue weighted by Crippen LogP contribution is 2.16. The van der Waals surface area contributed by atoms with E-state index in [-0.39, 0.29) is 0 Å². The SMILES string of the molecule is COCCCCN(CCNCCc1c(C)cc(C)cc1C)N(C)C. The number of aryl methyl sites for hydroxylation is 3. The summed E-state index contributed by atoms with van der Waals surface area (Å²) in [6, 6.07) is 4.58. The molecule has 1 rings (SSSR count). The zero-order valence-electron chi connectivity index (χ0n) is 16.6. The van der Waals surface area contributed by atoms with Crippen molar-refractivity contribution in [2.45, 2.75) is 40.0 Å². The molecule has 0 heterocycles. The smallest absolute Gasteiger partial charge is 0.0462 e. The second kappa shape index (κ2) is 11.6. The van der Waals surface area contributed by atoms with Crippen LogP contribution in [0.3, 0.4) is 0 Å². The van der Waals surface area contributed by atoms with Gasteiger partial charge in [0, 0.05) is 47.4 Å². The minimum Gasteiger partial charge on any atom is -0.385 e. The third-order valence-electron chi connectivity index (χ3n) is 4.52. The van der Waals surface area contributed by atoms with Crippen LogP contribution < -0.4 is 5.32 Å². The lowest BCUT2D eigenvalue weighted by Crippen LogP contribution is -2.42. The van der Waals surface area contributed by atoms with Gasteiger partial charge in [0.05, 0.1) is 0 Å². The Labute approximate surface area is 149 Å². The standard InChI is InChI=1S/C20H37N3O/c1-17-15-18(2)20(19(3)16-17)9-10-21-11-13-23(22(4)5)12-7-8-14-24-6/h15-16,21H,7-14H2,1-6H3. The zero-order valence-corrected chi connectivity index (χ0v) is 16.6. The van der Waals surface area contributed by atoms with Crippen LogP contribution in [0.25, 0.3) is 0 Å². The summed E-state index contributed by atoms with van der Waals surface area (Å²) in [6.07, 6.45) is 3.40. The Hall–Kier alpha value is -0.940. The molecule has 0 atom stereocenters. The minimum absolute atomic E-state index is 0.856. The summed E-state index contributed by atoms with van der Waals surface area (Å²) < 4.78 is 5.12. The van der Waals surface area contributed by atoms with Crippen LogP contribution in [-0.2, 0) is 11.2 Å². The second-order valence-corrected chi connectivity index (χ2v) is 6.88. The van der Waals surface area contributed by atoms with Crippen LogP contribution in [0.2, 0.25) is 0 Å². The fourth-order valence-corrected chi connectivity index (χ4v) is 3.20. The van der Waals surface area contributed by atoms with Gasteiger partial charge < -0.3 is 10.1 Å². The summed E-state index contributed by atoms with van der Waals surface area (Å²) in [5, 5.41) is 8.19. The molecule has 0 spiro atoms. The maximum atomic E-state index is 5.12. The van der Waals surface area contributed by atoms with Gasteiger partial charge in [0.2, 0.25) is 0 Å². The molecule has 0 aliphatic carbocycles. The van der Waals surface area contributed by atoms with E-state index in [1.165, 1.54) is 28.7 Å². The highest BCUT2D eigenvalue weighted by atomic mass is 16.5. The monoisotopic (exact) mass is 335 g/mol. The quantitative estimate of drug-likeness (QED) is 0.469. The van der Waals surface area contributed by atoms with Crippen molar-refractivity contribution in [3.63, 3.8) is 0 Å². The highest BCUT2D eigenvalue weighted by molar-refractivity contribution is 5.37. The van der Waals surface area contributed by atoms with Crippen LogP contribution in [0.4, 0.5) is 0 Å². The fraction of sp³-hybridized carbons (Fsp3) is 0.700. The number of unbranched alkanes of at least 4 members (excludes halogenated alkanes) is 1. The second-order valence-electron chi connectivity index (χ2n) is 6.88. The first-order valence-electron chi connectivity index (χ1n) is 9.14. The summed E-state index contributed by atoms with van der Waals surface area (Å²) in [7, 11) is 6.01. The van der Waals surface area contributed by atoms with Crippen molar-refractivity contribution >= 4 is 0 Å². The first-order chi connectivity index (χ1) is 11.5. The maximum Gasteiger partial charge on any atom is 0.0462 e. The lowest BCUT2D eigenvalue weighted by atomic mass is 9.97. The van der Waals surface area contributed by atoms with Crippen molar-refractivity contribution in [1.82, 2.24) is 15.3 Å². The van der Waals surface area contributed by atoms with E-state index in [1.54, 1.807) is 7.11 Å². The molecule has 0 saturated heterocycles. The molecule has 1 N–H and O–H groups in total. The molecular formula is C20H37N3O.